The van der Waals surface area contributed by atoms with Gasteiger partial charge in [-0.05, 0) is 56.3 Å². The molecule has 4 fully saturated rings. The molecule has 4 bridgehead atoms. The molecule has 5 rings (SSSR count). The lowest BCUT2D eigenvalue weighted by molar-refractivity contribution is -0.0181. The highest BCUT2D eigenvalue weighted by molar-refractivity contribution is 5.27. The summed E-state index contributed by atoms with van der Waals surface area (Å²) in [6.45, 7) is 2.48. The summed E-state index contributed by atoms with van der Waals surface area (Å²) in [7, 11) is 1.74. The van der Waals surface area contributed by atoms with Crippen molar-refractivity contribution in [1.29, 1.82) is 0 Å². The molecule has 4 saturated carbocycles. The van der Waals surface area contributed by atoms with E-state index in [9.17, 15) is 0 Å². The van der Waals surface area contributed by atoms with Gasteiger partial charge < -0.3 is 14.6 Å². The standard InChI is InChI=1S/C17H26N2O2/c1-20-3-2-18-10-15-11-19-21-16(15)17-7-12-4-13(8-17)6-14(5-12)9-17/h11-14,18H,2-10H2,1H3. The van der Waals surface area contributed by atoms with E-state index in [0.29, 0.717) is 5.41 Å². The first kappa shape index (κ1) is 13.8. The van der Waals surface area contributed by atoms with Crippen molar-refractivity contribution in [2.24, 2.45) is 17.8 Å². The van der Waals surface area contributed by atoms with Crippen molar-refractivity contribution in [2.45, 2.75) is 50.5 Å². The third kappa shape index (κ3) is 2.42. The number of nitrogens with zero attached hydrogens (tertiary/aromatic N) is 1. The van der Waals surface area contributed by atoms with E-state index >= 15 is 0 Å². The highest BCUT2D eigenvalue weighted by Crippen LogP contribution is 2.61. The van der Waals surface area contributed by atoms with Crippen LogP contribution in [-0.2, 0) is 16.7 Å². The van der Waals surface area contributed by atoms with Gasteiger partial charge in [-0.15, -0.1) is 0 Å². The van der Waals surface area contributed by atoms with Crippen LogP contribution in [0.5, 0.6) is 0 Å². The smallest absolute Gasteiger partial charge is 0.147 e. The van der Waals surface area contributed by atoms with Crippen LogP contribution in [0.3, 0.4) is 0 Å². The molecule has 1 aromatic heterocycles. The van der Waals surface area contributed by atoms with Gasteiger partial charge in [0.2, 0.25) is 0 Å². The molecular weight excluding hydrogens is 264 g/mol. The number of rotatable bonds is 6. The topological polar surface area (TPSA) is 47.3 Å². The van der Waals surface area contributed by atoms with E-state index in [4.69, 9.17) is 9.26 Å². The Morgan fingerprint density at radius 2 is 1.90 bits per heavy atom. The monoisotopic (exact) mass is 290 g/mol. The second kappa shape index (κ2) is 5.40. The summed E-state index contributed by atoms with van der Waals surface area (Å²) in [5, 5.41) is 7.57. The third-order valence-corrected chi connectivity index (χ3v) is 5.96. The van der Waals surface area contributed by atoms with E-state index in [-0.39, 0.29) is 0 Å². The molecule has 0 aliphatic heterocycles. The second-order valence-corrected chi connectivity index (χ2v) is 7.55. The molecule has 4 heteroatoms. The van der Waals surface area contributed by atoms with Crippen LogP contribution in [0, 0.1) is 17.8 Å². The lowest BCUT2D eigenvalue weighted by Crippen LogP contribution is -2.48. The molecule has 1 aromatic rings. The average Bonchev–Trinajstić information content (AvgIpc) is 2.91. The van der Waals surface area contributed by atoms with Crippen LogP contribution in [0.15, 0.2) is 10.7 Å². The quantitative estimate of drug-likeness (QED) is 0.818. The van der Waals surface area contributed by atoms with Crippen LogP contribution in [0.4, 0.5) is 0 Å². The molecule has 4 aliphatic carbocycles. The van der Waals surface area contributed by atoms with Gasteiger partial charge in [0.15, 0.2) is 0 Å². The zero-order chi connectivity index (χ0) is 14.3. The fourth-order valence-corrected chi connectivity index (χ4v) is 5.61. The van der Waals surface area contributed by atoms with Crippen LogP contribution >= 0.6 is 0 Å². The Morgan fingerprint density at radius 1 is 1.24 bits per heavy atom. The summed E-state index contributed by atoms with van der Waals surface area (Å²) in [4.78, 5) is 0. The molecule has 116 valence electrons. The number of methoxy groups -OCH3 is 1. The van der Waals surface area contributed by atoms with E-state index in [2.05, 4.69) is 10.5 Å². The van der Waals surface area contributed by atoms with Gasteiger partial charge in [0, 0.05) is 31.2 Å². The number of ether oxygens (including phenoxy) is 1. The molecule has 4 nitrogen and oxygen atoms in total. The molecule has 0 amide bonds. The van der Waals surface area contributed by atoms with Gasteiger partial charge in [0.1, 0.15) is 5.76 Å². The van der Waals surface area contributed by atoms with Gasteiger partial charge in [-0.2, -0.15) is 0 Å². The Labute approximate surface area is 126 Å². The van der Waals surface area contributed by atoms with Crippen LogP contribution in [-0.4, -0.2) is 25.4 Å². The number of aromatic nitrogens is 1. The molecule has 4 aliphatic rings. The largest absolute Gasteiger partial charge is 0.383 e. The number of hydrogen-bond acceptors (Lipinski definition) is 4. The van der Waals surface area contributed by atoms with Crippen molar-refractivity contribution in [3.63, 3.8) is 0 Å². The zero-order valence-corrected chi connectivity index (χ0v) is 12.9. The summed E-state index contributed by atoms with van der Waals surface area (Å²) in [6, 6.07) is 0. The highest BCUT2D eigenvalue weighted by Gasteiger charge is 2.54. The van der Waals surface area contributed by atoms with E-state index in [1.807, 2.05) is 6.20 Å². The number of hydrogen-bond donors (Lipinski definition) is 1. The minimum atomic E-state index is 0.309. The minimum absolute atomic E-state index is 0.309. The van der Waals surface area contributed by atoms with Crippen molar-refractivity contribution in [3.05, 3.63) is 17.5 Å². The van der Waals surface area contributed by atoms with Crippen molar-refractivity contribution in [2.75, 3.05) is 20.3 Å². The summed E-state index contributed by atoms with van der Waals surface area (Å²) in [5.74, 6) is 4.02. The molecular formula is C17H26N2O2. The van der Waals surface area contributed by atoms with Gasteiger partial charge in [-0.25, -0.2) is 0 Å². The molecule has 21 heavy (non-hydrogen) atoms. The van der Waals surface area contributed by atoms with Crippen molar-refractivity contribution in [1.82, 2.24) is 10.5 Å². The number of nitrogens with one attached hydrogen (secondary N) is 1. The SMILES string of the molecule is COCCNCc1cnoc1C12CC3CC(CC(C3)C1)C2. The summed E-state index contributed by atoms with van der Waals surface area (Å²) >= 11 is 0. The lowest BCUT2D eigenvalue weighted by Gasteiger charge is -2.55. The van der Waals surface area contributed by atoms with Gasteiger partial charge in [-0.1, -0.05) is 5.16 Å². The summed E-state index contributed by atoms with van der Waals surface area (Å²) in [6.07, 6.45) is 10.3. The average molecular weight is 290 g/mol. The van der Waals surface area contributed by atoms with Crippen LogP contribution in [0.2, 0.25) is 0 Å². The Kier molecular flexibility index (Phi) is 3.54. The molecule has 0 spiro atoms. The van der Waals surface area contributed by atoms with Crippen LogP contribution in [0.25, 0.3) is 0 Å². The Balaban J connectivity index is 1.52. The predicted octanol–water partition coefficient (Wildman–Crippen LogP) is 2.88. The van der Waals surface area contributed by atoms with E-state index in [0.717, 1.165) is 37.5 Å². The first-order chi connectivity index (χ1) is 10.3. The fraction of sp³-hybridized carbons (Fsp3) is 0.824. The first-order valence-corrected chi connectivity index (χ1v) is 8.43. The first-order valence-electron chi connectivity index (χ1n) is 8.43. The van der Waals surface area contributed by atoms with E-state index in [1.54, 1.807) is 7.11 Å². The van der Waals surface area contributed by atoms with Gasteiger partial charge >= 0.3 is 0 Å². The van der Waals surface area contributed by atoms with E-state index < -0.39 is 0 Å². The van der Waals surface area contributed by atoms with Crippen molar-refractivity contribution >= 4 is 0 Å². The zero-order valence-electron chi connectivity index (χ0n) is 12.9. The van der Waals surface area contributed by atoms with Crippen LogP contribution in [0.1, 0.15) is 49.8 Å². The maximum atomic E-state index is 5.79. The Hall–Kier alpha value is -0.870. The van der Waals surface area contributed by atoms with E-state index in [1.165, 1.54) is 49.8 Å². The van der Waals surface area contributed by atoms with Crippen LogP contribution < -0.4 is 5.32 Å². The Bertz CT molecular complexity index is 461. The maximum Gasteiger partial charge on any atom is 0.147 e. The second-order valence-electron chi connectivity index (χ2n) is 7.55. The van der Waals surface area contributed by atoms with Crippen molar-refractivity contribution in [3.8, 4) is 0 Å². The molecule has 1 N–H and O–H groups in total. The van der Waals surface area contributed by atoms with Gasteiger partial charge in [0.05, 0.1) is 12.8 Å². The molecule has 0 atom stereocenters. The minimum Gasteiger partial charge on any atom is -0.383 e. The molecule has 0 saturated heterocycles. The highest BCUT2D eigenvalue weighted by atomic mass is 16.5. The molecule has 0 unspecified atom stereocenters. The predicted molar refractivity (Wildman–Crippen MR) is 79.9 cm³/mol. The lowest BCUT2D eigenvalue weighted by atomic mass is 9.49. The molecule has 0 aromatic carbocycles. The third-order valence-electron chi connectivity index (χ3n) is 5.96. The summed E-state index contributed by atoms with van der Waals surface area (Å²) < 4.78 is 10.9. The molecule has 1 heterocycles. The fourth-order valence-electron chi connectivity index (χ4n) is 5.61. The molecule has 0 radical (unpaired) electrons. The maximum absolute atomic E-state index is 5.79. The Morgan fingerprint density at radius 3 is 2.52 bits per heavy atom. The van der Waals surface area contributed by atoms with Crippen molar-refractivity contribution < 1.29 is 9.26 Å². The van der Waals surface area contributed by atoms with Gasteiger partial charge in [-0.3, -0.25) is 0 Å². The normalized spacial score (nSPS) is 37.3. The van der Waals surface area contributed by atoms with Gasteiger partial charge in [0.25, 0.3) is 0 Å². The summed E-state index contributed by atoms with van der Waals surface area (Å²) in [5.41, 5.74) is 1.58.